The van der Waals surface area contributed by atoms with Gasteiger partial charge in [0.05, 0.1) is 5.92 Å². The minimum atomic E-state index is -0.222. The maximum atomic E-state index is 13.4. The molecule has 0 radical (unpaired) electrons. The Labute approximate surface area is 164 Å². The molecule has 1 saturated heterocycles. The predicted octanol–water partition coefficient (Wildman–Crippen LogP) is 3.77. The Kier molecular flexibility index (Phi) is 4.67. The van der Waals surface area contributed by atoms with Gasteiger partial charge in [0, 0.05) is 43.2 Å². The van der Waals surface area contributed by atoms with Crippen molar-refractivity contribution >= 4 is 11.7 Å². The average molecular weight is 373 g/mol. The standard InChI is InChI=1S/C23H36N2O2/c1-5-25(6-2)21(27)19-12-15(26)13-20-23(19,4)18-9-11-22(3)10-7-8-17(22)16(18)14-24-20/h13,16-19,24H,5-12,14H2,1-4H3/t16-,17-,18-,19?,22-,23-/m0/s1. The van der Waals surface area contributed by atoms with Crippen LogP contribution in [0.1, 0.15) is 66.2 Å². The van der Waals surface area contributed by atoms with Gasteiger partial charge in [-0.15, -0.1) is 0 Å². The molecule has 3 aliphatic carbocycles. The number of carbonyl (C=O) groups excluding carboxylic acids is 2. The number of amides is 1. The monoisotopic (exact) mass is 372 g/mol. The summed E-state index contributed by atoms with van der Waals surface area (Å²) >= 11 is 0. The molecule has 4 rings (SSSR count). The lowest BCUT2D eigenvalue weighted by atomic mass is 9.48. The molecule has 1 unspecified atom stereocenters. The van der Waals surface area contributed by atoms with Crippen LogP contribution >= 0.6 is 0 Å². The third-order valence-electron chi connectivity index (χ3n) is 8.90. The first kappa shape index (κ1) is 19.0. The molecule has 3 fully saturated rings. The van der Waals surface area contributed by atoms with Crippen molar-refractivity contribution in [3.63, 3.8) is 0 Å². The summed E-state index contributed by atoms with van der Waals surface area (Å²) in [5.74, 6) is 2.00. The summed E-state index contributed by atoms with van der Waals surface area (Å²) < 4.78 is 0. The van der Waals surface area contributed by atoms with E-state index in [2.05, 4.69) is 19.2 Å². The Morgan fingerprint density at radius 1 is 1.19 bits per heavy atom. The molecule has 0 aromatic rings. The number of hydrogen-bond donors (Lipinski definition) is 1. The number of nitrogens with zero attached hydrogens (tertiary/aromatic N) is 1. The zero-order chi connectivity index (χ0) is 19.4. The van der Waals surface area contributed by atoms with E-state index in [4.69, 9.17) is 0 Å². The van der Waals surface area contributed by atoms with E-state index < -0.39 is 0 Å². The minimum absolute atomic E-state index is 0.112. The van der Waals surface area contributed by atoms with Crippen LogP contribution in [0.3, 0.4) is 0 Å². The lowest BCUT2D eigenvalue weighted by Gasteiger charge is -2.59. The second-order valence-electron chi connectivity index (χ2n) is 9.92. The number of hydrogen-bond acceptors (Lipinski definition) is 3. The van der Waals surface area contributed by atoms with E-state index in [0.717, 1.165) is 31.2 Å². The Hall–Kier alpha value is -1.32. The van der Waals surface area contributed by atoms with Crippen LogP contribution in [-0.4, -0.2) is 36.2 Å². The molecule has 1 amide bonds. The zero-order valence-corrected chi connectivity index (χ0v) is 17.5. The van der Waals surface area contributed by atoms with Crippen molar-refractivity contribution in [2.75, 3.05) is 19.6 Å². The number of fused-ring (bicyclic) bond motifs is 5. The van der Waals surface area contributed by atoms with Gasteiger partial charge in [-0.2, -0.15) is 0 Å². The van der Waals surface area contributed by atoms with Crippen molar-refractivity contribution in [3.05, 3.63) is 11.8 Å². The summed E-state index contributed by atoms with van der Waals surface area (Å²) in [6.45, 7) is 11.3. The van der Waals surface area contributed by atoms with E-state index in [9.17, 15) is 9.59 Å². The summed E-state index contributed by atoms with van der Waals surface area (Å²) in [7, 11) is 0. The molecule has 4 aliphatic rings. The Morgan fingerprint density at radius 2 is 1.93 bits per heavy atom. The van der Waals surface area contributed by atoms with Gasteiger partial charge in [-0.3, -0.25) is 9.59 Å². The number of piperidine rings is 1. The molecular formula is C23H36N2O2. The molecule has 0 aromatic carbocycles. The molecule has 150 valence electrons. The van der Waals surface area contributed by atoms with Crippen molar-refractivity contribution in [2.45, 2.75) is 66.2 Å². The maximum absolute atomic E-state index is 13.4. The molecule has 0 bridgehead atoms. The predicted molar refractivity (Wildman–Crippen MR) is 107 cm³/mol. The van der Waals surface area contributed by atoms with Crippen LogP contribution in [0.5, 0.6) is 0 Å². The molecule has 4 nitrogen and oxygen atoms in total. The number of nitrogens with one attached hydrogen (secondary N) is 1. The average Bonchev–Trinajstić information content (AvgIpc) is 3.04. The fourth-order valence-corrected chi connectivity index (χ4v) is 7.31. The van der Waals surface area contributed by atoms with E-state index >= 15 is 0 Å². The second kappa shape index (κ2) is 6.63. The van der Waals surface area contributed by atoms with E-state index in [0.29, 0.717) is 23.7 Å². The van der Waals surface area contributed by atoms with E-state index in [1.807, 2.05) is 24.8 Å². The van der Waals surface area contributed by atoms with Gasteiger partial charge >= 0.3 is 0 Å². The smallest absolute Gasteiger partial charge is 0.227 e. The quantitative estimate of drug-likeness (QED) is 0.820. The first-order chi connectivity index (χ1) is 12.8. The van der Waals surface area contributed by atoms with Crippen LogP contribution in [-0.2, 0) is 9.59 Å². The lowest BCUT2D eigenvalue weighted by molar-refractivity contribution is -0.148. The van der Waals surface area contributed by atoms with Gasteiger partial charge in [0.25, 0.3) is 0 Å². The van der Waals surface area contributed by atoms with E-state index in [-0.39, 0.29) is 23.0 Å². The molecule has 0 aromatic heterocycles. The molecule has 1 aliphatic heterocycles. The van der Waals surface area contributed by atoms with Gasteiger partial charge in [-0.25, -0.2) is 0 Å². The number of carbonyl (C=O) groups is 2. The van der Waals surface area contributed by atoms with Crippen LogP contribution in [0.25, 0.3) is 0 Å². The van der Waals surface area contributed by atoms with Gasteiger partial charge in [-0.05, 0) is 62.7 Å². The van der Waals surface area contributed by atoms with Gasteiger partial charge in [-0.1, -0.05) is 20.3 Å². The topological polar surface area (TPSA) is 49.4 Å². The molecular weight excluding hydrogens is 336 g/mol. The summed E-state index contributed by atoms with van der Waals surface area (Å²) in [5, 5.41) is 3.65. The highest BCUT2D eigenvalue weighted by molar-refractivity contribution is 5.96. The van der Waals surface area contributed by atoms with E-state index in [1.165, 1.54) is 32.1 Å². The molecule has 1 N–H and O–H groups in total. The molecule has 4 heteroatoms. The maximum Gasteiger partial charge on any atom is 0.227 e. The molecule has 2 saturated carbocycles. The molecule has 6 atom stereocenters. The summed E-state index contributed by atoms with van der Waals surface area (Å²) in [4.78, 5) is 27.9. The van der Waals surface area contributed by atoms with Crippen molar-refractivity contribution in [1.29, 1.82) is 0 Å². The molecule has 1 heterocycles. The SMILES string of the molecule is CCN(CC)C(=O)C1CC(=O)C=C2NC[C@H]3[C@@H]4CCC[C@@]4(C)CC[C@@H]3[C@]21C. The number of allylic oxidation sites excluding steroid dienone is 2. The van der Waals surface area contributed by atoms with Gasteiger partial charge in [0.1, 0.15) is 0 Å². The largest absolute Gasteiger partial charge is 0.387 e. The van der Waals surface area contributed by atoms with Crippen LogP contribution in [0, 0.1) is 34.5 Å². The molecule has 0 spiro atoms. The highest BCUT2D eigenvalue weighted by Crippen LogP contribution is 2.63. The van der Waals surface area contributed by atoms with Gasteiger partial charge in [0.15, 0.2) is 5.78 Å². The minimum Gasteiger partial charge on any atom is -0.387 e. The number of ketones is 1. The van der Waals surface area contributed by atoms with Crippen molar-refractivity contribution in [2.24, 2.45) is 34.5 Å². The normalized spacial score (nSPS) is 43.1. The van der Waals surface area contributed by atoms with Crippen LogP contribution < -0.4 is 5.32 Å². The van der Waals surface area contributed by atoms with Crippen LogP contribution in [0.15, 0.2) is 11.8 Å². The van der Waals surface area contributed by atoms with Gasteiger partial charge < -0.3 is 10.2 Å². The highest BCUT2D eigenvalue weighted by atomic mass is 16.2. The Balaban J connectivity index is 1.73. The molecule has 27 heavy (non-hydrogen) atoms. The van der Waals surface area contributed by atoms with Crippen molar-refractivity contribution in [3.8, 4) is 0 Å². The van der Waals surface area contributed by atoms with Crippen molar-refractivity contribution < 1.29 is 9.59 Å². The highest BCUT2D eigenvalue weighted by Gasteiger charge is 2.60. The first-order valence-electron chi connectivity index (χ1n) is 11.1. The lowest BCUT2D eigenvalue weighted by Crippen LogP contribution is -2.61. The summed E-state index contributed by atoms with van der Waals surface area (Å²) in [6, 6.07) is 0. The Morgan fingerprint density at radius 3 is 2.63 bits per heavy atom. The summed E-state index contributed by atoms with van der Waals surface area (Å²) in [5.41, 5.74) is 1.32. The van der Waals surface area contributed by atoms with Crippen LogP contribution in [0.2, 0.25) is 0 Å². The third kappa shape index (κ3) is 2.69. The zero-order valence-electron chi connectivity index (χ0n) is 17.5. The van der Waals surface area contributed by atoms with E-state index in [1.54, 1.807) is 0 Å². The Bertz CT molecular complexity index is 667. The fourth-order valence-electron chi connectivity index (χ4n) is 7.31. The second-order valence-corrected chi connectivity index (χ2v) is 9.92. The van der Waals surface area contributed by atoms with Crippen LogP contribution in [0.4, 0.5) is 0 Å². The number of rotatable bonds is 3. The summed E-state index contributed by atoms with van der Waals surface area (Å²) in [6.07, 6.45) is 8.73. The third-order valence-corrected chi connectivity index (χ3v) is 8.90. The first-order valence-corrected chi connectivity index (χ1v) is 11.1. The van der Waals surface area contributed by atoms with Crippen molar-refractivity contribution in [1.82, 2.24) is 10.2 Å². The van der Waals surface area contributed by atoms with Gasteiger partial charge in [0.2, 0.25) is 5.91 Å². The fraction of sp³-hybridized carbons (Fsp3) is 0.826.